The number of carbonyl (C=O) groups is 1. The minimum Gasteiger partial charge on any atom is -0.294 e. The van der Waals surface area contributed by atoms with Gasteiger partial charge >= 0.3 is 0 Å². The largest absolute Gasteiger partial charge is 0.294 e. The predicted molar refractivity (Wildman–Crippen MR) is 129 cm³/mol. The third-order valence-corrected chi connectivity index (χ3v) is 7.45. The van der Waals surface area contributed by atoms with Gasteiger partial charge in [-0.3, -0.25) is 9.69 Å². The molecule has 0 bridgehead atoms. The maximum atomic E-state index is 13.6. The molecule has 1 aliphatic rings. The molecule has 0 radical (unpaired) electrons. The topological polar surface area (TPSA) is 20.3 Å². The van der Waals surface area contributed by atoms with E-state index in [1.807, 2.05) is 30.3 Å². The Hall–Kier alpha value is -2.71. The van der Waals surface area contributed by atoms with Gasteiger partial charge in [0.1, 0.15) is 0 Å². The van der Waals surface area contributed by atoms with Crippen LogP contribution in [-0.2, 0) is 0 Å². The van der Waals surface area contributed by atoms with Crippen LogP contribution in [0.1, 0.15) is 62.0 Å². The fourth-order valence-electron chi connectivity index (χ4n) is 5.31. The summed E-state index contributed by atoms with van der Waals surface area (Å²) in [5.74, 6) is 0.274. The lowest BCUT2D eigenvalue weighted by Gasteiger charge is -2.57. The van der Waals surface area contributed by atoms with E-state index in [0.717, 1.165) is 36.9 Å². The molecule has 2 nitrogen and oxygen atoms in total. The minimum atomic E-state index is 0.00833. The number of benzene rings is 3. The molecule has 3 aromatic carbocycles. The zero-order chi connectivity index (χ0) is 21.8. The van der Waals surface area contributed by atoms with Crippen molar-refractivity contribution in [2.75, 3.05) is 6.54 Å². The van der Waals surface area contributed by atoms with Crippen LogP contribution in [0.5, 0.6) is 0 Å². The van der Waals surface area contributed by atoms with Gasteiger partial charge in [0.25, 0.3) is 0 Å². The van der Waals surface area contributed by atoms with E-state index in [-0.39, 0.29) is 23.3 Å². The van der Waals surface area contributed by atoms with Gasteiger partial charge in [-0.2, -0.15) is 0 Å². The summed E-state index contributed by atoms with van der Waals surface area (Å²) >= 11 is 0. The van der Waals surface area contributed by atoms with E-state index in [1.165, 1.54) is 11.1 Å². The SMILES string of the molecule is CCC(CC)(CC)N1C[C@H](C(=O)c2ccc(-c3ccccc3)cc2)[C@H]1c1ccccc1. The van der Waals surface area contributed by atoms with Crippen LogP contribution in [-0.4, -0.2) is 22.8 Å². The Morgan fingerprint density at radius 3 is 1.84 bits per heavy atom. The van der Waals surface area contributed by atoms with Gasteiger partial charge in [0.15, 0.2) is 5.78 Å². The third kappa shape index (κ3) is 3.97. The number of likely N-dealkylation sites (tertiary alicyclic amines) is 1. The van der Waals surface area contributed by atoms with Gasteiger partial charge < -0.3 is 0 Å². The molecule has 0 amide bonds. The van der Waals surface area contributed by atoms with E-state index in [2.05, 4.69) is 80.3 Å². The molecule has 0 spiro atoms. The molecule has 3 aromatic rings. The van der Waals surface area contributed by atoms with Crippen LogP contribution < -0.4 is 0 Å². The summed E-state index contributed by atoms with van der Waals surface area (Å²) in [7, 11) is 0. The first-order valence-corrected chi connectivity index (χ1v) is 11.6. The van der Waals surface area contributed by atoms with E-state index >= 15 is 0 Å². The molecule has 0 unspecified atom stereocenters. The van der Waals surface area contributed by atoms with E-state index in [0.29, 0.717) is 0 Å². The van der Waals surface area contributed by atoms with Crippen molar-refractivity contribution < 1.29 is 4.79 Å². The molecule has 0 saturated carbocycles. The number of carbonyl (C=O) groups excluding carboxylic acids is 1. The molecular formula is C29H33NO. The molecule has 2 atom stereocenters. The Morgan fingerprint density at radius 2 is 1.29 bits per heavy atom. The maximum Gasteiger partial charge on any atom is 0.169 e. The molecule has 1 heterocycles. The predicted octanol–water partition coefficient (Wildman–Crippen LogP) is 7.18. The van der Waals surface area contributed by atoms with E-state index in [4.69, 9.17) is 0 Å². The van der Waals surface area contributed by atoms with Crippen LogP contribution in [0, 0.1) is 5.92 Å². The van der Waals surface area contributed by atoms with Gasteiger partial charge in [0.05, 0.1) is 5.92 Å². The van der Waals surface area contributed by atoms with Crippen LogP contribution in [0.2, 0.25) is 0 Å². The number of ketones is 1. The molecule has 1 fully saturated rings. The smallest absolute Gasteiger partial charge is 0.169 e. The van der Waals surface area contributed by atoms with Crippen molar-refractivity contribution in [2.45, 2.75) is 51.6 Å². The summed E-state index contributed by atoms with van der Waals surface area (Å²) in [6.45, 7) is 7.69. The second kappa shape index (κ2) is 9.20. The second-order valence-electron chi connectivity index (χ2n) is 8.71. The standard InChI is InChI=1S/C29H33NO/c1-4-29(5-2,6-3)30-21-26(27(30)24-15-11-8-12-16-24)28(31)25-19-17-23(18-20-25)22-13-9-7-10-14-22/h7-20,26-27H,4-6,21H2,1-3H3/t26-,27+/m0/s1. The van der Waals surface area contributed by atoms with Crippen LogP contribution in [0.25, 0.3) is 11.1 Å². The summed E-state index contributed by atoms with van der Waals surface area (Å²) in [6, 6.07) is 29.2. The summed E-state index contributed by atoms with van der Waals surface area (Å²) < 4.78 is 0. The molecular weight excluding hydrogens is 378 g/mol. The highest BCUT2D eigenvalue weighted by atomic mass is 16.1. The fraction of sp³-hybridized carbons (Fsp3) is 0.345. The normalized spacial score (nSPS) is 19.1. The quantitative estimate of drug-likeness (QED) is 0.366. The lowest BCUT2D eigenvalue weighted by atomic mass is 9.72. The van der Waals surface area contributed by atoms with Gasteiger partial charge in [-0.15, -0.1) is 0 Å². The number of Topliss-reactive ketones (excluding diaryl/α,β-unsaturated/α-hetero) is 1. The van der Waals surface area contributed by atoms with E-state index < -0.39 is 0 Å². The van der Waals surface area contributed by atoms with Crippen LogP contribution >= 0.6 is 0 Å². The zero-order valence-corrected chi connectivity index (χ0v) is 18.9. The monoisotopic (exact) mass is 411 g/mol. The second-order valence-corrected chi connectivity index (χ2v) is 8.71. The molecule has 1 saturated heterocycles. The third-order valence-electron chi connectivity index (χ3n) is 7.45. The van der Waals surface area contributed by atoms with Gasteiger partial charge in [0, 0.05) is 23.7 Å². The lowest BCUT2D eigenvalue weighted by Crippen LogP contribution is -2.62. The molecule has 0 aliphatic carbocycles. The molecule has 0 N–H and O–H groups in total. The fourth-order valence-corrected chi connectivity index (χ4v) is 5.31. The summed E-state index contributed by atoms with van der Waals surface area (Å²) in [6.07, 6.45) is 3.32. The van der Waals surface area contributed by atoms with E-state index in [9.17, 15) is 4.79 Å². The Kier molecular flexibility index (Phi) is 6.38. The molecule has 31 heavy (non-hydrogen) atoms. The highest BCUT2D eigenvalue weighted by Gasteiger charge is 2.51. The number of hydrogen-bond donors (Lipinski definition) is 0. The lowest BCUT2D eigenvalue weighted by molar-refractivity contribution is -0.0727. The Morgan fingerprint density at radius 1 is 0.774 bits per heavy atom. The van der Waals surface area contributed by atoms with Crippen molar-refractivity contribution >= 4 is 5.78 Å². The minimum absolute atomic E-state index is 0.00833. The average Bonchev–Trinajstić information content (AvgIpc) is 2.83. The van der Waals surface area contributed by atoms with Crippen molar-refractivity contribution in [1.29, 1.82) is 0 Å². The molecule has 0 aromatic heterocycles. The first-order valence-electron chi connectivity index (χ1n) is 11.6. The van der Waals surface area contributed by atoms with Crippen LogP contribution in [0.4, 0.5) is 0 Å². The Bertz CT molecular complexity index is 982. The zero-order valence-electron chi connectivity index (χ0n) is 18.9. The highest BCUT2D eigenvalue weighted by Crippen LogP contribution is 2.48. The molecule has 4 rings (SSSR count). The van der Waals surface area contributed by atoms with Crippen molar-refractivity contribution in [2.24, 2.45) is 5.92 Å². The summed E-state index contributed by atoms with van der Waals surface area (Å²) in [5.41, 5.74) is 4.56. The first kappa shape index (κ1) is 21.5. The number of hydrogen-bond acceptors (Lipinski definition) is 2. The molecule has 2 heteroatoms. The van der Waals surface area contributed by atoms with Gasteiger partial charge in [0.2, 0.25) is 0 Å². The van der Waals surface area contributed by atoms with Gasteiger partial charge in [-0.25, -0.2) is 0 Å². The Balaban J connectivity index is 1.61. The van der Waals surface area contributed by atoms with Gasteiger partial charge in [-0.05, 0) is 36.0 Å². The average molecular weight is 412 g/mol. The summed E-state index contributed by atoms with van der Waals surface area (Å²) in [5, 5.41) is 0. The molecule has 160 valence electrons. The van der Waals surface area contributed by atoms with Gasteiger partial charge in [-0.1, -0.05) is 106 Å². The number of rotatable bonds is 8. The first-order chi connectivity index (χ1) is 15.1. The Labute approximate surface area is 186 Å². The van der Waals surface area contributed by atoms with Crippen molar-refractivity contribution in [1.82, 2.24) is 4.90 Å². The van der Waals surface area contributed by atoms with E-state index in [1.54, 1.807) is 0 Å². The number of nitrogens with zero attached hydrogens (tertiary/aromatic N) is 1. The van der Waals surface area contributed by atoms with Crippen molar-refractivity contribution in [3.8, 4) is 11.1 Å². The summed E-state index contributed by atoms with van der Waals surface area (Å²) in [4.78, 5) is 16.2. The van der Waals surface area contributed by atoms with Crippen molar-refractivity contribution in [3.05, 3.63) is 96.1 Å². The maximum absolute atomic E-state index is 13.6. The van der Waals surface area contributed by atoms with Crippen LogP contribution in [0.15, 0.2) is 84.9 Å². The molecule has 1 aliphatic heterocycles. The van der Waals surface area contributed by atoms with Crippen LogP contribution in [0.3, 0.4) is 0 Å². The van der Waals surface area contributed by atoms with Crippen molar-refractivity contribution in [3.63, 3.8) is 0 Å². The highest BCUT2D eigenvalue weighted by molar-refractivity contribution is 5.99.